The number of anilines is 1. The predicted octanol–water partition coefficient (Wildman–Crippen LogP) is 1.63. The van der Waals surface area contributed by atoms with Crippen LogP contribution in [-0.2, 0) is 0 Å². The first kappa shape index (κ1) is 8.17. The molecule has 0 fully saturated rings. The number of nitrogens with two attached hydrogens (primary N) is 1. The Balaban J connectivity index is 2.99. The van der Waals surface area contributed by atoms with Crippen molar-refractivity contribution in [2.24, 2.45) is 5.84 Å². The Kier molecular flexibility index (Phi) is 2.57. The highest BCUT2D eigenvalue weighted by atomic mass is 35.5. The molecule has 0 aliphatic heterocycles. The van der Waals surface area contributed by atoms with Crippen LogP contribution in [0.5, 0.6) is 5.75 Å². The lowest BCUT2D eigenvalue weighted by molar-refractivity contribution is 0.415. The molecule has 1 aromatic carbocycles. The first-order valence-electron chi connectivity index (χ1n) is 3.08. The molecule has 1 aromatic rings. The van der Waals surface area contributed by atoms with Gasteiger partial charge in [-0.15, -0.1) is 0 Å². The standard InChI is InChI=1S/C7H9ClN2O/c1-11-5-2-3-7(10-9)6(8)4-5/h2-4,10H,9H2,1H3. The van der Waals surface area contributed by atoms with Gasteiger partial charge in [-0.05, 0) is 12.1 Å². The Hall–Kier alpha value is -0.930. The molecule has 0 amide bonds. The van der Waals surface area contributed by atoms with E-state index in [-0.39, 0.29) is 0 Å². The van der Waals surface area contributed by atoms with Gasteiger partial charge in [-0.25, -0.2) is 0 Å². The largest absolute Gasteiger partial charge is 0.497 e. The minimum Gasteiger partial charge on any atom is -0.497 e. The van der Waals surface area contributed by atoms with Crippen LogP contribution in [0.3, 0.4) is 0 Å². The predicted molar refractivity (Wildman–Crippen MR) is 45.8 cm³/mol. The summed E-state index contributed by atoms with van der Waals surface area (Å²) in [6.07, 6.45) is 0. The van der Waals surface area contributed by atoms with Crippen molar-refractivity contribution in [3.8, 4) is 5.75 Å². The van der Waals surface area contributed by atoms with Gasteiger partial charge in [0.1, 0.15) is 5.75 Å². The monoisotopic (exact) mass is 172 g/mol. The fourth-order valence-corrected chi connectivity index (χ4v) is 0.965. The number of hydrazine groups is 1. The first-order chi connectivity index (χ1) is 5.27. The summed E-state index contributed by atoms with van der Waals surface area (Å²) < 4.78 is 4.94. The molecular weight excluding hydrogens is 164 g/mol. The number of nitrogen functional groups attached to an aromatic ring is 1. The van der Waals surface area contributed by atoms with E-state index in [1.54, 1.807) is 25.3 Å². The van der Waals surface area contributed by atoms with Crippen molar-refractivity contribution in [1.82, 2.24) is 0 Å². The van der Waals surface area contributed by atoms with Crippen LogP contribution in [0.1, 0.15) is 0 Å². The summed E-state index contributed by atoms with van der Waals surface area (Å²) in [7, 11) is 1.58. The molecule has 0 aromatic heterocycles. The second kappa shape index (κ2) is 3.46. The average Bonchev–Trinajstić information content (AvgIpc) is 2.04. The van der Waals surface area contributed by atoms with Crippen LogP contribution < -0.4 is 16.0 Å². The summed E-state index contributed by atoms with van der Waals surface area (Å²) in [5, 5.41) is 0.548. The summed E-state index contributed by atoms with van der Waals surface area (Å²) in [4.78, 5) is 0. The van der Waals surface area contributed by atoms with E-state index < -0.39 is 0 Å². The molecule has 60 valence electrons. The number of ether oxygens (including phenoxy) is 1. The number of hydrogen-bond donors (Lipinski definition) is 2. The normalized spacial score (nSPS) is 9.36. The Morgan fingerprint density at radius 3 is 2.73 bits per heavy atom. The van der Waals surface area contributed by atoms with Crippen molar-refractivity contribution in [2.45, 2.75) is 0 Å². The zero-order valence-electron chi connectivity index (χ0n) is 6.10. The molecule has 0 radical (unpaired) electrons. The number of nitrogens with one attached hydrogen (secondary N) is 1. The third kappa shape index (κ3) is 1.76. The van der Waals surface area contributed by atoms with Gasteiger partial charge in [-0.1, -0.05) is 11.6 Å². The van der Waals surface area contributed by atoms with Crippen molar-refractivity contribution in [3.63, 3.8) is 0 Å². The lowest BCUT2D eigenvalue weighted by Crippen LogP contribution is -2.06. The van der Waals surface area contributed by atoms with E-state index in [0.717, 1.165) is 0 Å². The maximum atomic E-state index is 5.79. The summed E-state index contributed by atoms with van der Waals surface area (Å²) in [6, 6.07) is 5.22. The molecule has 11 heavy (non-hydrogen) atoms. The minimum absolute atomic E-state index is 0.548. The number of halogens is 1. The zero-order chi connectivity index (χ0) is 8.27. The van der Waals surface area contributed by atoms with E-state index >= 15 is 0 Å². The molecule has 0 aliphatic rings. The van der Waals surface area contributed by atoms with Gasteiger partial charge in [0.2, 0.25) is 0 Å². The molecule has 0 saturated carbocycles. The second-order valence-electron chi connectivity index (χ2n) is 1.99. The molecule has 0 bridgehead atoms. The average molecular weight is 173 g/mol. The molecule has 0 aliphatic carbocycles. The molecule has 0 spiro atoms. The molecule has 0 heterocycles. The number of methoxy groups -OCH3 is 1. The van der Waals surface area contributed by atoms with E-state index in [0.29, 0.717) is 16.5 Å². The van der Waals surface area contributed by atoms with Crippen molar-refractivity contribution in [3.05, 3.63) is 23.2 Å². The third-order valence-corrected chi connectivity index (χ3v) is 1.64. The van der Waals surface area contributed by atoms with Gasteiger partial charge in [0.05, 0.1) is 17.8 Å². The topological polar surface area (TPSA) is 47.3 Å². The van der Waals surface area contributed by atoms with Gasteiger partial charge in [-0.3, -0.25) is 5.84 Å². The number of rotatable bonds is 2. The molecule has 4 heteroatoms. The quantitative estimate of drug-likeness (QED) is 0.527. The molecule has 0 unspecified atom stereocenters. The molecule has 1 rings (SSSR count). The highest BCUT2D eigenvalue weighted by Crippen LogP contribution is 2.25. The Bertz CT molecular complexity index is 252. The Labute approximate surface area is 70.1 Å². The molecular formula is C7H9ClN2O. The Morgan fingerprint density at radius 2 is 2.27 bits per heavy atom. The van der Waals surface area contributed by atoms with Gasteiger partial charge in [0.25, 0.3) is 0 Å². The zero-order valence-corrected chi connectivity index (χ0v) is 6.85. The van der Waals surface area contributed by atoms with E-state index in [1.807, 2.05) is 0 Å². The first-order valence-corrected chi connectivity index (χ1v) is 3.46. The van der Waals surface area contributed by atoms with E-state index in [1.165, 1.54) is 0 Å². The molecule has 3 nitrogen and oxygen atoms in total. The SMILES string of the molecule is COc1ccc(NN)c(Cl)c1. The van der Waals surface area contributed by atoms with Gasteiger partial charge in [0.15, 0.2) is 0 Å². The number of hydrogen-bond acceptors (Lipinski definition) is 3. The van der Waals surface area contributed by atoms with Crippen molar-refractivity contribution >= 4 is 17.3 Å². The summed E-state index contributed by atoms with van der Waals surface area (Å²) in [6.45, 7) is 0. The number of benzene rings is 1. The van der Waals surface area contributed by atoms with Gasteiger partial charge in [-0.2, -0.15) is 0 Å². The van der Waals surface area contributed by atoms with Crippen molar-refractivity contribution < 1.29 is 4.74 Å². The third-order valence-electron chi connectivity index (χ3n) is 1.33. The van der Waals surface area contributed by atoms with Gasteiger partial charge in [0, 0.05) is 6.07 Å². The Morgan fingerprint density at radius 1 is 1.55 bits per heavy atom. The maximum Gasteiger partial charge on any atom is 0.120 e. The van der Waals surface area contributed by atoms with E-state index in [2.05, 4.69) is 5.43 Å². The maximum absolute atomic E-state index is 5.79. The van der Waals surface area contributed by atoms with Crippen LogP contribution in [0.25, 0.3) is 0 Å². The van der Waals surface area contributed by atoms with Crippen molar-refractivity contribution in [1.29, 1.82) is 0 Å². The van der Waals surface area contributed by atoms with Gasteiger partial charge < -0.3 is 10.2 Å². The highest BCUT2D eigenvalue weighted by molar-refractivity contribution is 6.33. The van der Waals surface area contributed by atoms with Gasteiger partial charge >= 0.3 is 0 Å². The van der Waals surface area contributed by atoms with Crippen LogP contribution >= 0.6 is 11.6 Å². The lowest BCUT2D eigenvalue weighted by Gasteiger charge is -2.04. The molecule has 3 N–H and O–H groups in total. The van der Waals surface area contributed by atoms with Crippen LogP contribution in [0.15, 0.2) is 18.2 Å². The summed E-state index contributed by atoms with van der Waals surface area (Å²) >= 11 is 5.79. The summed E-state index contributed by atoms with van der Waals surface area (Å²) in [5.41, 5.74) is 3.15. The second-order valence-corrected chi connectivity index (χ2v) is 2.40. The fourth-order valence-electron chi connectivity index (χ4n) is 0.740. The lowest BCUT2D eigenvalue weighted by atomic mass is 10.3. The van der Waals surface area contributed by atoms with Crippen LogP contribution in [0.4, 0.5) is 5.69 Å². The minimum atomic E-state index is 0.548. The highest BCUT2D eigenvalue weighted by Gasteiger charge is 1.98. The van der Waals surface area contributed by atoms with Crippen molar-refractivity contribution in [2.75, 3.05) is 12.5 Å². The summed E-state index contributed by atoms with van der Waals surface area (Å²) in [5.74, 6) is 5.88. The van der Waals surface area contributed by atoms with Crippen LogP contribution in [0.2, 0.25) is 5.02 Å². The molecule has 0 saturated heterocycles. The van der Waals surface area contributed by atoms with E-state index in [4.69, 9.17) is 22.2 Å². The molecule has 0 atom stereocenters. The van der Waals surface area contributed by atoms with E-state index in [9.17, 15) is 0 Å². The fraction of sp³-hybridized carbons (Fsp3) is 0.143. The smallest absolute Gasteiger partial charge is 0.120 e. The van der Waals surface area contributed by atoms with Crippen LogP contribution in [-0.4, -0.2) is 7.11 Å². The van der Waals surface area contributed by atoms with Crippen LogP contribution in [0, 0.1) is 0 Å².